The van der Waals surface area contributed by atoms with Gasteiger partial charge in [0, 0.05) is 0 Å². The van der Waals surface area contributed by atoms with Crippen molar-refractivity contribution in [2.24, 2.45) is 0 Å². The van der Waals surface area contributed by atoms with Gasteiger partial charge in [0.15, 0.2) is 0 Å². The molecular weight excluding hydrogens is 276 g/mol. The van der Waals surface area contributed by atoms with E-state index in [1.165, 1.54) is 27.8 Å². The van der Waals surface area contributed by atoms with Crippen molar-refractivity contribution in [3.63, 3.8) is 0 Å². The molecule has 23 heavy (non-hydrogen) atoms. The van der Waals surface area contributed by atoms with E-state index < -0.39 is 0 Å². The molecule has 0 radical (unpaired) electrons. The highest BCUT2D eigenvalue weighted by Crippen LogP contribution is 2.19. The summed E-state index contributed by atoms with van der Waals surface area (Å²) >= 11 is 0. The van der Waals surface area contributed by atoms with Crippen LogP contribution in [0.4, 0.5) is 0 Å². The summed E-state index contributed by atoms with van der Waals surface area (Å²) in [4.78, 5) is 0. The lowest BCUT2D eigenvalue weighted by atomic mass is 9.97. The fourth-order valence-electron chi connectivity index (χ4n) is 2.83. The highest BCUT2D eigenvalue weighted by atomic mass is 14.1. The Morgan fingerprint density at radius 1 is 0.826 bits per heavy atom. The molecule has 0 aliphatic heterocycles. The zero-order chi connectivity index (χ0) is 17.2. The van der Waals surface area contributed by atoms with E-state index in [0.29, 0.717) is 5.92 Å². The van der Waals surface area contributed by atoms with Crippen LogP contribution in [0.3, 0.4) is 0 Å². The smallest absolute Gasteiger partial charge is 0.0213 e. The van der Waals surface area contributed by atoms with Crippen molar-refractivity contribution in [1.29, 1.82) is 0 Å². The predicted octanol–water partition coefficient (Wildman–Crippen LogP) is 6.91. The maximum absolute atomic E-state index is 3.81. The SMILES string of the molecule is C=Cc1cccc(CC)c1CC.C=Cc1ccccc1C(C)C. The number of aryl methyl sites for hydroxylation is 1. The van der Waals surface area contributed by atoms with E-state index in [2.05, 4.69) is 77.3 Å². The number of rotatable bonds is 5. The Hall–Kier alpha value is -2.08. The Labute approximate surface area is 142 Å². The van der Waals surface area contributed by atoms with Crippen molar-refractivity contribution in [3.05, 3.63) is 83.4 Å². The maximum Gasteiger partial charge on any atom is -0.0213 e. The van der Waals surface area contributed by atoms with Crippen LogP contribution < -0.4 is 0 Å². The van der Waals surface area contributed by atoms with Gasteiger partial charge in [-0.2, -0.15) is 0 Å². The molecule has 0 heterocycles. The normalized spacial score (nSPS) is 9.96. The first kappa shape index (κ1) is 19.0. The molecule has 0 saturated carbocycles. The van der Waals surface area contributed by atoms with Crippen LogP contribution in [0.25, 0.3) is 12.2 Å². The Morgan fingerprint density at radius 3 is 1.91 bits per heavy atom. The van der Waals surface area contributed by atoms with Crippen molar-refractivity contribution in [2.45, 2.75) is 46.5 Å². The third-order valence-corrected chi connectivity index (χ3v) is 4.10. The molecule has 122 valence electrons. The third-order valence-electron chi connectivity index (χ3n) is 4.10. The summed E-state index contributed by atoms with van der Waals surface area (Å²) in [5.41, 5.74) is 6.83. The lowest BCUT2D eigenvalue weighted by molar-refractivity contribution is 0.864. The second kappa shape index (κ2) is 9.84. The summed E-state index contributed by atoms with van der Waals surface area (Å²) in [5.74, 6) is 0.587. The van der Waals surface area contributed by atoms with Gasteiger partial charge in [0.05, 0.1) is 0 Å². The van der Waals surface area contributed by atoms with Crippen LogP contribution in [0.2, 0.25) is 0 Å². The zero-order valence-corrected chi connectivity index (χ0v) is 15.1. The van der Waals surface area contributed by atoms with Crippen molar-refractivity contribution < 1.29 is 0 Å². The molecule has 0 aliphatic rings. The van der Waals surface area contributed by atoms with E-state index >= 15 is 0 Å². The van der Waals surface area contributed by atoms with Gasteiger partial charge >= 0.3 is 0 Å². The number of hydrogen-bond donors (Lipinski definition) is 0. The summed E-state index contributed by atoms with van der Waals surface area (Å²) in [6.45, 7) is 16.4. The van der Waals surface area contributed by atoms with Gasteiger partial charge < -0.3 is 0 Å². The monoisotopic (exact) mass is 306 g/mol. The van der Waals surface area contributed by atoms with Crippen LogP contribution >= 0.6 is 0 Å². The molecule has 0 aliphatic carbocycles. The Bertz CT molecular complexity index is 632. The molecule has 0 fully saturated rings. The molecular formula is C23H30. The van der Waals surface area contributed by atoms with Crippen molar-refractivity contribution in [3.8, 4) is 0 Å². The fraction of sp³-hybridized carbons (Fsp3) is 0.304. The van der Waals surface area contributed by atoms with Crippen LogP contribution in [-0.2, 0) is 12.8 Å². The van der Waals surface area contributed by atoms with Crippen LogP contribution in [-0.4, -0.2) is 0 Å². The zero-order valence-electron chi connectivity index (χ0n) is 15.1. The summed E-state index contributed by atoms with van der Waals surface area (Å²) in [6.07, 6.45) is 6.07. The second-order valence-electron chi connectivity index (χ2n) is 5.88. The Kier molecular flexibility index (Phi) is 8.11. The number of benzene rings is 2. The molecule has 0 unspecified atom stereocenters. The van der Waals surface area contributed by atoms with Gasteiger partial charge in [-0.15, -0.1) is 0 Å². The predicted molar refractivity (Wildman–Crippen MR) is 106 cm³/mol. The van der Waals surface area contributed by atoms with Crippen LogP contribution in [0.5, 0.6) is 0 Å². The van der Waals surface area contributed by atoms with E-state index in [9.17, 15) is 0 Å². The minimum Gasteiger partial charge on any atom is -0.0985 e. The molecule has 0 spiro atoms. The molecule has 0 amide bonds. The molecule has 0 N–H and O–H groups in total. The molecule has 0 aromatic heterocycles. The molecule has 2 rings (SSSR count). The van der Waals surface area contributed by atoms with Gasteiger partial charge in [0.25, 0.3) is 0 Å². The molecule has 0 atom stereocenters. The third kappa shape index (κ3) is 5.25. The molecule has 0 nitrogen and oxygen atoms in total. The molecule has 0 bridgehead atoms. The van der Waals surface area contributed by atoms with Gasteiger partial charge in [-0.25, -0.2) is 0 Å². The molecule has 2 aromatic carbocycles. The average Bonchev–Trinajstić information content (AvgIpc) is 2.61. The first-order chi connectivity index (χ1) is 11.1. The fourth-order valence-corrected chi connectivity index (χ4v) is 2.83. The molecule has 0 saturated heterocycles. The summed E-state index contributed by atoms with van der Waals surface area (Å²) < 4.78 is 0. The van der Waals surface area contributed by atoms with Gasteiger partial charge in [-0.3, -0.25) is 0 Å². The van der Waals surface area contributed by atoms with Gasteiger partial charge in [-0.05, 0) is 46.6 Å². The van der Waals surface area contributed by atoms with Crippen LogP contribution in [0.15, 0.2) is 55.6 Å². The van der Waals surface area contributed by atoms with Crippen LogP contribution in [0.1, 0.15) is 61.4 Å². The lowest BCUT2D eigenvalue weighted by Crippen LogP contribution is -1.93. The molecule has 2 aromatic rings. The number of hydrogen-bond acceptors (Lipinski definition) is 0. The van der Waals surface area contributed by atoms with E-state index in [0.717, 1.165) is 12.8 Å². The van der Waals surface area contributed by atoms with Crippen molar-refractivity contribution >= 4 is 12.2 Å². The van der Waals surface area contributed by atoms with E-state index in [-0.39, 0.29) is 0 Å². The minimum absolute atomic E-state index is 0.587. The van der Waals surface area contributed by atoms with Crippen molar-refractivity contribution in [2.75, 3.05) is 0 Å². The summed E-state index contributed by atoms with van der Waals surface area (Å²) in [7, 11) is 0. The van der Waals surface area contributed by atoms with Gasteiger partial charge in [0.2, 0.25) is 0 Å². The summed E-state index contributed by atoms with van der Waals surface area (Å²) in [6, 6.07) is 14.8. The highest BCUT2D eigenvalue weighted by molar-refractivity contribution is 5.54. The highest BCUT2D eigenvalue weighted by Gasteiger charge is 2.01. The topological polar surface area (TPSA) is 0 Å². The largest absolute Gasteiger partial charge is 0.0985 e. The minimum atomic E-state index is 0.587. The van der Waals surface area contributed by atoms with Crippen molar-refractivity contribution in [1.82, 2.24) is 0 Å². The quantitative estimate of drug-likeness (QED) is 0.563. The summed E-state index contributed by atoms with van der Waals surface area (Å²) in [5, 5.41) is 0. The van der Waals surface area contributed by atoms with Gasteiger partial charge in [-0.1, -0.05) is 95.5 Å². The Morgan fingerprint density at radius 2 is 1.43 bits per heavy atom. The molecule has 0 heteroatoms. The maximum atomic E-state index is 3.81. The van der Waals surface area contributed by atoms with E-state index in [4.69, 9.17) is 0 Å². The first-order valence-corrected chi connectivity index (χ1v) is 8.53. The second-order valence-corrected chi connectivity index (χ2v) is 5.88. The Balaban J connectivity index is 0.000000231. The average molecular weight is 306 g/mol. The lowest BCUT2D eigenvalue weighted by Gasteiger charge is -2.08. The standard InChI is InChI=1S/C12H16.C11H14/c1-4-10-8-7-9-11(5-2)12(10)6-3;1-4-10-7-5-6-8-11(10)9(2)3/h4,7-9H,1,5-6H2,2-3H3;4-9H,1H2,2-3H3. The van der Waals surface area contributed by atoms with E-state index in [1.54, 1.807) is 0 Å². The van der Waals surface area contributed by atoms with Gasteiger partial charge in [0.1, 0.15) is 0 Å². The van der Waals surface area contributed by atoms with E-state index in [1.807, 2.05) is 18.2 Å². The first-order valence-electron chi connectivity index (χ1n) is 8.53. The van der Waals surface area contributed by atoms with Crippen LogP contribution in [0, 0.1) is 0 Å².